The molecule has 1 saturated heterocycles. The Hall–Kier alpha value is -2.37. The van der Waals surface area contributed by atoms with E-state index in [1.807, 2.05) is 30.3 Å². The lowest BCUT2D eigenvalue weighted by Gasteiger charge is -2.34. The molecule has 5 nitrogen and oxygen atoms in total. The summed E-state index contributed by atoms with van der Waals surface area (Å²) < 4.78 is 5.71. The number of carbonyl (C=O) groups excluding carboxylic acids is 1. The topological polar surface area (TPSA) is 44.8 Å². The molecule has 1 fully saturated rings. The Balaban J connectivity index is 1.44. The Morgan fingerprint density at radius 3 is 2.37 bits per heavy atom. The number of hydrogen-bond acceptors (Lipinski definition) is 4. The van der Waals surface area contributed by atoms with Crippen molar-refractivity contribution in [1.82, 2.24) is 9.80 Å². The smallest absolute Gasteiger partial charge is 0.238 e. The van der Waals surface area contributed by atoms with E-state index in [4.69, 9.17) is 4.74 Å². The molecule has 2 aromatic rings. The third kappa shape index (κ3) is 6.08. The van der Waals surface area contributed by atoms with Gasteiger partial charge in [-0.15, -0.1) is 0 Å². The molecule has 1 aliphatic heterocycles. The van der Waals surface area contributed by atoms with Crippen LogP contribution in [0.25, 0.3) is 0 Å². The van der Waals surface area contributed by atoms with E-state index < -0.39 is 0 Å². The van der Waals surface area contributed by atoms with Gasteiger partial charge in [0, 0.05) is 32.7 Å². The normalized spacial score (nSPS) is 15.4. The van der Waals surface area contributed by atoms with Crippen molar-refractivity contribution in [3.8, 4) is 5.75 Å². The van der Waals surface area contributed by atoms with E-state index >= 15 is 0 Å². The molecule has 1 N–H and O–H groups in total. The predicted octanol–water partition coefficient (Wildman–Crippen LogP) is 3.23. The third-order valence-electron chi connectivity index (χ3n) is 4.70. The van der Waals surface area contributed by atoms with Gasteiger partial charge in [0.25, 0.3) is 0 Å². The SMILES string of the molecule is CCCOc1ccccc1NC(=O)CN1CCN(Cc2ccccc2)CC1. The Bertz CT molecular complexity index is 713. The van der Waals surface area contributed by atoms with Gasteiger partial charge >= 0.3 is 0 Å². The summed E-state index contributed by atoms with van der Waals surface area (Å²) in [6.45, 7) is 7.90. The van der Waals surface area contributed by atoms with Crippen LogP contribution >= 0.6 is 0 Å². The van der Waals surface area contributed by atoms with E-state index in [0.717, 1.165) is 50.6 Å². The van der Waals surface area contributed by atoms with Crippen LogP contribution in [0.2, 0.25) is 0 Å². The highest BCUT2D eigenvalue weighted by molar-refractivity contribution is 5.93. The van der Waals surface area contributed by atoms with Gasteiger partial charge in [0.05, 0.1) is 18.8 Å². The fourth-order valence-corrected chi connectivity index (χ4v) is 3.25. The van der Waals surface area contributed by atoms with Gasteiger partial charge in [0.2, 0.25) is 5.91 Å². The first-order valence-corrected chi connectivity index (χ1v) is 9.75. The number of hydrogen-bond donors (Lipinski definition) is 1. The predicted molar refractivity (Wildman–Crippen MR) is 109 cm³/mol. The number of anilines is 1. The average Bonchev–Trinajstić information content (AvgIpc) is 2.69. The van der Waals surface area contributed by atoms with Crippen molar-refractivity contribution in [2.45, 2.75) is 19.9 Å². The highest BCUT2D eigenvalue weighted by Crippen LogP contribution is 2.23. The largest absolute Gasteiger partial charge is 0.491 e. The second-order valence-electron chi connectivity index (χ2n) is 6.93. The molecule has 144 valence electrons. The minimum absolute atomic E-state index is 0.0130. The summed E-state index contributed by atoms with van der Waals surface area (Å²) >= 11 is 0. The van der Waals surface area contributed by atoms with E-state index in [1.165, 1.54) is 5.56 Å². The molecular weight excluding hydrogens is 338 g/mol. The second-order valence-corrected chi connectivity index (χ2v) is 6.93. The molecule has 0 radical (unpaired) electrons. The minimum atomic E-state index is 0.0130. The van der Waals surface area contributed by atoms with Crippen molar-refractivity contribution >= 4 is 11.6 Å². The molecule has 1 aliphatic rings. The quantitative estimate of drug-likeness (QED) is 0.778. The van der Waals surface area contributed by atoms with Crippen molar-refractivity contribution in [2.75, 3.05) is 44.6 Å². The number of nitrogens with zero attached hydrogens (tertiary/aromatic N) is 2. The van der Waals surface area contributed by atoms with Crippen LogP contribution in [-0.2, 0) is 11.3 Å². The fourth-order valence-electron chi connectivity index (χ4n) is 3.25. The lowest BCUT2D eigenvalue weighted by molar-refractivity contribution is -0.117. The van der Waals surface area contributed by atoms with Crippen molar-refractivity contribution in [1.29, 1.82) is 0 Å². The van der Waals surface area contributed by atoms with Gasteiger partial charge in [0.1, 0.15) is 5.75 Å². The highest BCUT2D eigenvalue weighted by Gasteiger charge is 2.19. The van der Waals surface area contributed by atoms with Crippen LogP contribution in [0.1, 0.15) is 18.9 Å². The number of rotatable bonds is 8. The van der Waals surface area contributed by atoms with Gasteiger partial charge in [-0.1, -0.05) is 49.4 Å². The van der Waals surface area contributed by atoms with Crippen LogP contribution in [0.15, 0.2) is 54.6 Å². The zero-order valence-corrected chi connectivity index (χ0v) is 16.1. The molecule has 0 unspecified atom stereocenters. The summed E-state index contributed by atoms with van der Waals surface area (Å²) in [4.78, 5) is 17.1. The Kier molecular flexibility index (Phi) is 7.25. The molecule has 27 heavy (non-hydrogen) atoms. The van der Waals surface area contributed by atoms with E-state index in [-0.39, 0.29) is 5.91 Å². The number of para-hydroxylation sites is 2. The van der Waals surface area contributed by atoms with Crippen molar-refractivity contribution in [2.24, 2.45) is 0 Å². The first kappa shape index (κ1) is 19.4. The van der Waals surface area contributed by atoms with Crippen molar-refractivity contribution in [3.63, 3.8) is 0 Å². The summed E-state index contributed by atoms with van der Waals surface area (Å²) in [6, 6.07) is 18.2. The lowest BCUT2D eigenvalue weighted by Crippen LogP contribution is -2.48. The van der Waals surface area contributed by atoms with E-state index in [0.29, 0.717) is 13.2 Å². The first-order valence-electron chi connectivity index (χ1n) is 9.75. The van der Waals surface area contributed by atoms with Crippen LogP contribution < -0.4 is 10.1 Å². The van der Waals surface area contributed by atoms with Gasteiger partial charge in [-0.05, 0) is 24.1 Å². The number of amides is 1. The summed E-state index contributed by atoms with van der Waals surface area (Å²) in [5, 5.41) is 3.00. The number of nitrogens with one attached hydrogen (secondary N) is 1. The van der Waals surface area contributed by atoms with E-state index in [1.54, 1.807) is 0 Å². The molecule has 0 atom stereocenters. The average molecular weight is 367 g/mol. The monoisotopic (exact) mass is 367 g/mol. The van der Waals surface area contributed by atoms with Gasteiger partial charge in [-0.25, -0.2) is 0 Å². The second kappa shape index (κ2) is 10.1. The Morgan fingerprint density at radius 1 is 0.963 bits per heavy atom. The van der Waals surface area contributed by atoms with E-state index in [2.05, 4.69) is 46.3 Å². The molecule has 0 saturated carbocycles. The lowest BCUT2D eigenvalue weighted by atomic mass is 10.2. The highest BCUT2D eigenvalue weighted by atomic mass is 16.5. The molecular formula is C22H29N3O2. The fraction of sp³-hybridized carbons (Fsp3) is 0.409. The molecule has 2 aromatic carbocycles. The molecule has 0 spiro atoms. The molecule has 3 rings (SSSR count). The standard InChI is InChI=1S/C22H29N3O2/c1-2-16-27-21-11-7-6-10-20(21)23-22(26)18-25-14-12-24(13-15-25)17-19-8-4-3-5-9-19/h3-11H,2,12-18H2,1H3,(H,23,26). The molecule has 0 aliphatic carbocycles. The molecule has 1 amide bonds. The first-order chi connectivity index (χ1) is 13.2. The number of carbonyl (C=O) groups is 1. The van der Waals surface area contributed by atoms with Crippen LogP contribution in [-0.4, -0.2) is 55.0 Å². The van der Waals surface area contributed by atoms with Gasteiger partial charge < -0.3 is 10.1 Å². The number of ether oxygens (including phenoxy) is 1. The molecule has 1 heterocycles. The van der Waals surface area contributed by atoms with Gasteiger partial charge in [0.15, 0.2) is 0 Å². The maximum atomic E-state index is 12.5. The summed E-state index contributed by atoms with van der Waals surface area (Å²) in [5.74, 6) is 0.749. The Morgan fingerprint density at radius 2 is 1.63 bits per heavy atom. The summed E-state index contributed by atoms with van der Waals surface area (Å²) in [7, 11) is 0. The van der Waals surface area contributed by atoms with Crippen LogP contribution in [0.5, 0.6) is 5.75 Å². The van der Waals surface area contributed by atoms with Gasteiger partial charge in [-0.2, -0.15) is 0 Å². The number of piperazine rings is 1. The van der Waals surface area contributed by atoms with Gasteiger partial charge in [-0.3, -0.25) is 14.6 Å². The zero-order chi connectivity index (χ0) is 18.9. The Labute approximate surface area is 161 Å². The van der Waals surface area contributed by atoms with Crippen LogP contribution in [0, 0.1) is 0 Å². The number of benzene rings is 2. The van der Waals surface area contributed by atoms with Crippen LogP contribution in [0.4, 0.5) is 5.69 Å². The third-order valence-corrected chi connectivity index (χ3v) is 4.70. The van der Waals surface area contributed by atoms with Crippen molar-refractivity contribution in [3.05, 3.63) is 60.2 Å². The minimum Gasteiger partial charge on any atom is -0.491 e. The summed E-state index contributed by atoms with van der Waals surface area (Å²) in [5.41, 5.74) is 2.09. The molecule has 0 bridgehead atoms. The maximum Gasteiger partial charge on any atom is 0.238 e. The van der Waals surface area contributed by atoms with E-state index in [9.17, 15) is 4.79 Å². The summed E-state index contributed by atoms with van der Waals surface area (Å²) in [6.07, 6.45) is 0.940. The maximum absolute atomic E-state index is 12.5. The van der Waals surface area contributed by atoms with Crippen molar-refractivity contribution < 1.29 is 9.53 Å². The zero-order valence-electron chi connectivity index (χ0n) is 16.1. The van der Waals surface area contributed by atoms with Crippen LogP contribution in [0.3, 0.4) is 0 Å². The molecule has 0 aromatic heterocycles. The molecule has 5 heteroatoms.